The SMILES string of the molecule is O=S(=O)(Nc1cc(C(F)(F)F)ccc1Br)c1cc(Cl)cc(Cl)c1. The molecule has 2 aromatic rings. The molecule has 0 amide bonds. The summed E-state index contributed by atoms with van der Waals surface area (Å²) in [5.41, 5.74) is -1.24. The molecule has 10 heteroatoms. The van der Waals surface area contributed by atoms with Crippen LogP contribution in [0.2, 0.25) is 10.0 Å². The molecule has 0 heterocycles. The van der Waals surface area contributed by atoms with Crippen molar-refractivity contribution in [1.82, 2.24) is 0 Å². The van der Waals surface area contributed by atoms with E-state index in [-0.39, 0.29) is 25.1 Å². The molecule has 0 aliphatic carbocycles. The molecule has 0 aliphatic heterocycles. The highest BCUT2D eigenvalue weighted by Gasteiger charge is 2.31. The zero-order valence-corrected chi connectivity index (χ0v) is 14.9. The minimum atomic E-state index is -4.60. The van der Waals surface area contributed by atoms with Gasteiger partial charge >= 0.3 is 6.18 Å². The molecule has 2 rings (SSSR count). The van der Waals surface area contributed by atoms with E-state index in [1.165, 1.54) is 6.07 Å². The third kappa shape index (κ3) is 4.53. The molecule has 0 aromatic heterocycles. The molecule has 0 saturated carbocycles. The monoisotopic (exact) mass is 447 g/mol. The van der Waals surface area contributed by atoms with Crippen LogP contribution in [0.15, 0.2) is 45.8 Å². The van der Waals surface area contributed by atoms with Gasteiger partial charge in [-0.2, -0.15) is 13.2 Å². The van der Waals surface area contributed by atoms with Gasteiger partial charge in [-0.15, -0.1) is 0 Å². The van der Waals surface area contributed by atoms with Crippen LogP contribution in [0, 0.1) is 0 Å². The molecule has 0 saturated heterocycles. The van der Waals surface area contributed by atoms with E-state index in [2.05, 4.69) is 20.7 Å². The average Bonchev–Trinajstić information content (AvgIpc) is 2.38. The summed E-state index contributed by atoms with van der Waals surface area (Å²) >= 11 is 14.5. The Morgan fingerprint density at radius 1 is 1.00 bits per heavy atom. The number of hydrogen-bond acceptors (Lipinski definition) is 2. The van der Waals surface area contributed by atoms with Gasteiger partial charge in [0.15, 0.2) is 0 Å². The summed E-state index contributed by atoms with van der Waals surface area (Å²) in [6.07, 6.45) is -4.60. The second-order valence-electron chi connectivity index (χ2n) is 4.40. The van der Waals surface area contributed by atoms with E-state index in [4.69, 9.17) is 23.2 Å². The average molecular weight is 449 g/mol. The fraction of sp³-hybridized carbons (Fsp3) is 0.0769. The lowest BCUT2D eigenvalue weighted by molar-refractivity contribution is -0.137. The first-order valence-electron chi connectivity index (χ1n) is 5.85. The van der Waals surface area contributed by atoms with Gasteiger partial charge in [0, 0.05) is 14.5 Å². The Hall–Kier alpha value is -0.960. The molecule has 23 heavy (non-hydrogen) atoms. The van der Waals surface area contributed by atoms with Crippen molar-refractivity contribution in [2.24, 2.45) is 0 Å². The predicted octanol–water partition coefficient (Wildman–Crippen LogP) is 5.58. The van der Waals surface area contributed by atoms with Crippen molar-refractivity contribution < 1.29 is 21.6 Å². The number of rotatable bonds is 3. The molecule has 0 spiro atoms. The number of sulfonamides is 1. The van der Waals surface area contributed by atoms with Crippen LogP contribution < -0.4 is 4.72 Å². The highest BCUT2D eigenvalue weighted by atomic mass is 79.9. The van der Waals surface area contributed by atoms with E-state index in [0.717, 1.165) is 24.3 Å². The highest BCUT2D eigenvalue weighted by molar-refractivity contribution is 9.10. The first-order valence-corrected chi connectivity index (χ1v) is 8.88. The van der Waals surface area contributed by atoms with Crippen molar-refractivity contribution >= 4 is 54.8 Å². The molecule has 0 fully saturated rings. The number of alkyl halides is 3. The summed E-state index contributed by atoms with van der Waals surface area (Å²) in [4.78, 5) is -0.265. The van der Waals surface area contributed by atoms with Crippen LogP contribution in [0.5, 0.6) is 0 Å². The van der Waals surface area contributed by atoms with Crippen LogP contribution in [0.3, 0.4) is 0 Å². The molecule has 1 N–H and O–H groups in total. The van der Waals surface area contributed by atoms with Gasteiger partial charge in [0.2, 0.25) is 0 Å². The lowest BCUT2D eigenvalue weighted by Gasteiger charge is -2.13. The summed E-state index contributed by atoms with van der Waals surface area (Å²) in [5, 5.41) is 0.168. The molecule has 0 atom stereocenters. The molecule has 0 unspecified atom stereocenters. The van der Waals surface area contributed by atoms with E-state index in [1.807, 2.05) is 0 Å². The summed E-state index contributed by atoms with van der Waals surface area (Å²) in [5.74, 6) is 0. The maximum absolute atomic E-state index is 12.7. The largest absolute Gasteiger partial charge is 0.416 e. The minimum Gasteiger partial charge on any atom is -0.278 e. The molecule has 2 aromatic carbocycles. The molecule has 0 bridgehead atoms. The standard InChI is InChI=1S/C13H7BrCl2F3NO2S/c14-11-2-1-7(13(17,18)19)3-12(11)20-23(21,22)10-5-8(15)4-9(16)6-10/h1-6,20H. The normalized spacial score (nSPS) is 12.3. The number of benzene rings is 2. The maximum Gasteiger partial charge on any atom is 0.416 e. The van der Waals surface area contributed by atoms with Gasteiger partial charge in [-0.3, -0.25) is 4.72 Å². The van der Waals surface area contributed by atoms with Crippen LogP contribution in [0.1, 0.15) is 5.56 Å². The number of hydrogen-bond donors (Lipinski definition) is 1. The zero-order valence-electron chi connectivity index (χ0n) is 11.0. The van der Waals surface area contributed by atoms with Gasteiger partial charge < -0.3 is 0 Å². The first kappa shape index (κ1) is 18.4. The molecule has 0 radical (unpaired) electrons. The van der Waals surface area contributed by atoms with Crippen molar-refractivity contribution in [3.8, 4) is 0 Å². The summed E-state index contributed by atoms with van der Waals surface area (Å²) in [6.45, 7) is 0. The Morgan fingerprint density at radius 2 is 1.57 bits per heavy atom. The van der Waals surface area contributed by atoms with Gasteiger partial charge in [0.1, 0.15) is 0 Å². The fourth-order valence-corrected chi connectivity index (χ4v) is 3.94. The van der Waals surface area contributed by atoms with Crippen LogP contribution in [0.25, 0.3) is 0 Å². The van der Waals surface area contributed by atoms with Gasteiger partial charge in [0.05, 0.1) is 16.1 Å². The topological polar surface area (TPSA) is 46.2 Å². The second-order valence-corrected chi connectivity index (χ2v) is 7.81. The van der Waals surface area contributed by atoms with E-state index >= 15 is 0 Å². The highest BCUT2D eigenvalue weighted by Crippen LogP contribution is 2.35. The maximum atomic E-state index is 12.7. The minimum absolute atomic E-state index is 0.0842. The third-order valence-corrected chi connectivity index (χ3v) is 5.16. The van der Waals surface area contributed by atoms with E-state index in [0.29, 0.717) is 6.07 Å². The summed E-state index contributed by atoms with van der Waals surface area (Å²) < 4.78 is 65.0. The van der Waals surface area contributed by atoms with Crippen molar-refractivity contribution in [1.29, 1.82) is 0 Å². The predicted molar refractivity (Wildman–Crippen MR) is 86.4 cm³/mol. The van der Waals surface area contributed by atoms with Gasteiger partial charge in [0.25, 0.3) is 10.0 Å². The lowest BCUT2D eigenvalue weighted by atomic mass is 10.2. The van der Waals surface area contributed by atoms with Crippen LogP contribution in [-0.2, 0) is 16.2 Å². The number of anilines is 1. The Balaban J connectivity index is 2.45. The zero-order chi connectivity index (χ0) is 17.4. The van der Waals surface area contributed by atoms with Gasteiger partial charge in [-0.25, -0.2) is 8.42 Å². The van der Waals surface area contributed by atoms with E-state index < -0.39 is 21.8 Å². The van der Waals surface area contributed by atoms with Crippen molar-refractivity contribution in [3.05, 3.63) is 56.5 Å². The third-order valence-electron chi connectivity index (χ3n) is 2.68. The Labute approximate surface area is 148 Å². The van der Waals surface area contributed by atoms with Crippen molar-refractivity contribution in [2.45, 2.75) is 11.1 Å². The smallest absolute Gasteiger partial charge is 0.278 e. The van der Waals surface area contributed by atoms with Crippen LogP contribution in [-0.4, -0.2) is 8.42 Å². The molecular formula is C13H7BrCl2F3NO2S. The van der Waals surface area contributed by atoms with Gasteiger partial charge in [-0.1, -0.05) is 23.2 Å². The second kappa shape index (κ2) is 6.51. The molecule has 0 aliphatic rings. The van der Waals surface area contributed by atoms with E-state index in [9.17, 15) is 21.6 Å². The first-order chi connectivity index (χ1) is 10.5. The number of halogens is 6. The molecule has 3 nitrogen and oxygen atoms in total. The van der Waals surface area contributed by atoms with Crippen LogP contribution >= 0.6 is 39.1 Å². The molecular weight excluding hydrogens is 442 g/mol. The van der Waals surface area contributed by atoms with Crippen molar-refractivity contribution in [3.63, 3.8) is 0 Å². The van der Waals surface area contributed by atoms with Gasteiger partial charge in [-0.05, 0) is 52.3 Å². The molecule has 124 valence electrons. The summed E-state index contributed by atoms with van der Waals surface area (Å²) in [6, 6.07) is 6.23. The summed E-state index contributed by atoms with van der Waals surface area (Å²) in [7, 11) is -4.16. The Bertz CT molecular complexity index is 837. The fourth-order valence-electron chi connectivity index (χ4n) is 1.67. The Kier molecular flexibility index (Phi) is 5.20. The lowest BCUT2D eigenvalue weighted by Crippen LogP contribution is -2.14. The quantitative estimate of drug-likeness (QED) is 0.666. The van der Waals surface area contributed by atoms with Crippen LogP contribution in [0.4, 0.5) is 18.9 Å². The number of nitrogens with one attached hydrogen (secondary N) is 1. The Morgan fingerprint density at radius 3 is 2.09 bits per heavy atom. The van der Waals surface area contributed by atoms with Crippen molar-refractivity contribution in [2.75, 3.05) is 4.72 Å². The van der Waals surface area contributed by atoms with E-state index in [1.54, 1.807) is 0 Å².